The van der Waals surface area contributed by atoms with Crippen LogP contribution in [-0.2, 0) is 19.5 Å². The Labute approximate surface area is 166 Å². The molecule has 131 valence electrons. The number of aldehydes is 3. The van der Waals surface area contributed by atoms with Gasteiger partial charge in [-0.05, 0) is 23.8 Å². The molecule has 3 aromatic carbocycles. The standard InChI is InChI=1S/C21H15O3P.Rh/c22-13-16-11-12-21(20(15-24)19(16)14-23)25(17-7-3-1-4-8-17)18-9-5-2-6-10-18;/h1-15H;. The molecule has 0 spiro atoms. The van der Waals surface area contributed by atoms with E-state index < -0.39 is 7.92 Å². The second kappa shape index (κ2) is 9.43. The molecular weight excluding hydrogens is 434 g/mol. The number of carbonyl (C=O) groups is 3. The summed E-state index contributed by atoms with van der Waals surface area (Å²) in [5.41, 5.74) is 0.678. The van der Waals surface area contributed by atoms with Crippen LogP contribution in [0.1, 0.15) is 31.1 Å². The van der Waals surface area contributed by atoms with E-state index in [0.29, 0.717) is 24.4 Å². The van der Waals surface area contributed by atoms with Crippen molar-refractivity contribution in [1.29, 1.82) is 0 Å². The monoisotopic (exact) mass is 449 g/mol. The van der Waals surface area contributed by atoms with Crippen LogP contribution < -0.4 is 15.9 Å². The van der Waals surface area contributed by atoms with E-state index in [-0.39, 0.29) is 30.6 Å². The predicted molar refractivity (Wildman–Crippen MR) is 101 cm³/mol. The number of benzene rings is 3. The predicted octanol–water partition coefficient (Wildman–Crippen LogP) is 2.88. The molecule has 0 aromatic heterocycles. The second-order valence-electron chi connectivity index (χ2n) is 5.36. The summed E-state index contributed by atoms with van der Waals surface area (Å²) in [6, 6.07) is 23.1. The van der Waals surface area contributed by atoms with E-state index in [4.69, 9.17) is 0 Å². The minimum atomic E-state index is -1.02. The molecular formula is C21H15O3PRh. The largest absolute Gasteiger partial charge is 0.298 e. The third kappa shape index (κ3) is 3.93. The van der Waals surface area contributed by atoms with Crippen LogP contribution in [0.5, 0.6) is 0 Å². The minimum absolute atomic E-state index is 0. The Morgan fingerprint density at radius 3 is 1.50 bits per heavy atom. The Hall–Kier alpha value is -2.28. The van der Waals surface area contributed by atoms with Crippen molar-refractivity contribution in [2.24, 2.45) is 0 Å². The molecule has 5 heteroatoms. The van der Waals surface area contributed by atoms with E-state index in [0.717, 1.165) is 15.9 Å². The first-order valence-corrected chi connectivity index (χ1v) is 9.07. The average Bonchev–Trinajstić information content (AvgIpc) is 2.69. The SMILES string of the molecule is O=Cc1ccc(P(c2ccccc2)c2ccccc2)c(C=O)c1C=O.[Rh]. The van der Waals surface area contributed by atoms with E-state index in [1.807, 2.05) is 60.7 Å². The van der Waals surface area contributed by atoms with E-state index in [1.54, 1.807) is 12.1 Å². The van der Waals surface area contributed by atoms with Gasteiger partial charge in [-0.3, -0.25) is 14.4 Å². The average molecular weight is 449 g/mol. The minimum Gasteiger partial charge on any atom is -0.298 e. The van der Waals surface area contributed by atoms with Crippen molar-refractivity contribution in [2.75, 3.05) is 0 Å². The molecule has 3 aromatic rings. The van der Waals surface area contributed by atoms with E-state index in [9.17, 15) is 14.4 Å². The first kappa shape index (κ1) is 20.0. The Balaban J connectivity index is 0.00000243. The van der Waals surface area contributed by atoms with Gasteiger partial charge in [0.05, 0.1) is 0 Å². The fourth-order valence-corrected chi connectivity index (χ4v) is 5.21. The second-order valence-corrected chi connectivity index (χ2v) is 7.55. The number of hydrogen-bond donors (Lipinski definition) is 0. The van der Waals surface area contributed by atoms with Gasteiger partial charge < -0.3 is 0 Å². The summed E-state index contributed by atoms with van der Waals surface area (Å²) in [7, 11) is -1.02. The quantitative estimate of drug-likeness (QED) is 0.331. The van der Waals surface area contributed by atoms with Gasteiger partial charge in [-0.25, -0.2) is 0 Å². The first-order chi connectivity index (χ1) is 12.3. The van der Waals surface area contributed by atoms with Crippen molar-refractivity contribution < 1.29 is 33.9 Å². The van der Waals surface area contributed by atoms with Crippen molar-refractivity contribution in [3.63, 3.8) is 0 Å². The molecule has 26 heavy (non-hydrogen) atoms. The summed E-state index contributed by atoms with van der Waals surface area (Å²) in [5, 5.41) is 2.92. The van der Waals surface area contributed by atoms with Gasteiger partial charge in [0.15, 0.2) is 18.9 Å². The van der Waals surface area contributed by atoms with Crippen LogP contribution in [-0.4, -0.2) is 18.9 Å². The maximum absolute atomic E-state index is 11.8. The van der Waals surface area contributed by atoms with Gasteiger partial charge in [-0.15, -0.1) is 0 Å². The molecule has 0 saturated carbocycles. The van der Waals surface area contributed by atoms with Crippen molar-refractivity contribution >= 4 is 42.7 Å². The van der Waals surface area contributed by atoms with E-state index >= 15 is 0 Å². The van der Waals surface area contributed by atoms with Gasteiger partial charge >= 0.3 is 0 Å². The molecule has 0 bridgehead atoms. The van der Waals surface area contributed by atoms with Crippen LogP contribution in [0.15, 0.2) is 72.8 Å². The molecule has 0 heterocycles. The van der Waals surface area contributed by atoms with Crippen molar-refractivity contribution in [3.05, 3.63) is 89.5 Å². The Bertz CT molecular complexity index is 872. The third-order valence-electron chi connectivity index (χ3n) is 3.93. The van der Waals surface area contributed by atoms with Gasteiger partial charge in [0, 0.05) is 36.2 Å². The van der Waals surface area contributed by atoms with Crippen LogP contribution in [0.3, 0.4) is 0 Å². The maximum Gasteiger partial charge on any atom is 0.151 e. The summed E-state index contributed by atoms with van der Waals surface area (Å²) in [6.45, 7) is 0. The number of rotatable bonds is 6. The summed E-state index contributed by atoms with van der Waals surface area (Å²) in [5.74, 6) is 0. The molecule has 0 N–H and O–H groups in total. The zero-order chi connectivity index (χ0) is 17.6. The Morgan fingerprint density at radius 1 is 0.577 bits per heavy atom. The zero-order valence-corrected chi connectivity index (χ0v) is 16.2. The third-order valence-corrected chi connectivity index (χ3v) is 6.43. The summed E-state index contributed by atoms with van der Waals surface area (Å²) in [6.07, 6.45) is 1.86. The molecule has 3 rings (SSSR count). The molecule has 0 amide bonds. The van der Waals surface area contributed by atoms with Gasteiger partial charge in [-0.2, -0.15) is 0 Å². The molecule has 0 saturated heterocycles. The maximum atomic E-state index is 11.8. The van der Waals surface area contributed by atoms with Gasteiger partial charge in [0.25, 0.3) is 0 Å². The van der Waals surface area contributed by atoms with Crippen LogP contribution in [0.2, 0.25) is 0 Å². The Morgan fingerprint density at radius 2 is 1.08 bits per heavy atom. The van der Waals surface area contributed by atoms with E-state index in [1.165, 1.54) is 0 Å². The zero-order valence-electron chi connectivity index (χ0n) is 13.7. The van der Waals surface area contributed by atoms with Crippen LogP contribution in [0.4, 0.5) is 0 Å². The van der Waals surface area contributed by atoms with Crippen molar-refractivity contribution in [1.82, 2.24) is 0 Å². The molecule has 0 atom stereocenters. The molecule has 0 aliphatic carbocycles. The molecule has 0 aliphatic heterocycles. The molecule has 3 nitrogen and oxygen atoms in total. The van der Waals surface area contributed by atoms with Gasteiger partial charge in [0.2, 0.25) is 0 Å². The van der Waals surface area contributed by atoms with Gasteiger partial charge in [0.1, 0.15) is 0 Å². The van der Waals surface area contributed by atoms with Crippen LogP contribution >= 0.6 is 7.92 Å². The fourth-order valence-electron chi connectivity index (χ4n) is 2.78. The molecule has 0 aliphatic rings. The fraction of sp³-hybridized carbons (Fsp3) is 0. The van der Waals surface area contributed by atoms with E-state index in [2.05, 4.69) is 0 Å². The van der Waals surface area contributed by atoms with Crippen LogP contribution in [0.25, 0.3) is 0 Å². The normalized spacial score (nSPS) is 10.0. The van der Waals surface area contributed by atoms with Crippen LogP contribution in [0, 0.1) is 0 Å². The summed E-state index contributed by atoms with van der Waals surface area (Å²) in [4.78, 5) is 34.5. The topological polar surface area (TPSA) is 51.2 Å². The van der Waals surface area contributed by atoms with Crippen molar-refractivity contribution in [2.45, 2.75) is 0 Å². The molecule has 1 radical (unpaired) electrons. The summed E-state index contributed by atoms with van der Waals surface area (Å²) < 4.78 is 0. The van der Waals surface area contributed by atoms with Gasteiger partial charge in [-0.1, -0.05) is 72.8 Å². The summed E-state index contributed by atoms with van der Waals surface area (Å²) >= 11 is 0. The molecule has 0 fully saturated rings. The number of carbonyl (C=O) groups excluding carboxylic acids is 3. The Kier molecular flexibility index (Phi) is 7.27. The smallest absolute Gasteiger partial charge is 0.151 e. The van der Waals surface area contributed by atoms with Crippen molar-refractivity contribution in [3.8, 4) is 0 Å². The molecule has 0 unspecified atom stereocenters. The first-order valence-electron chi connectivity index (χ1n) is 7.73. The number of hydrogen-bond acceptors (Lipinski definition) is 3.